The average Bonchev–Trinajstić information content (AvgIpc) is 2.42. The fourth-order valence-electron chi connectivity index (χ4n) is 1.51. The number of nitrogens with one attached hydrogen (secondary N) is 1. The molecule has 1 N–H and O–H groups in total. The number of nitro groups is 1. The smallest absolute Gasteiger partial charge is 0.262 e. The van der Waals surface area contributed by atoms with Gasteiger partial charge in [0.15, 0.2) is 10.7 Å². The van der Waals surface area contributed by atoms with Crippen LogP contribution in [0.5, 0.6) is 0 Å². The summed E-state index contributed by atoms with van der Waals surface area (Å²) in [5.41, 5.74) is -0.566. The predicted molar refractivity (Wildman–Crippen MR) is 75.8 cm³/mol. The van der Waals surface area contributed by atoms with Crippen molar-refractivity contribution in [2.75, 3.05) is 4.72 Å². The molecule has 0 amide bonds. The van der Waals surface area contributed by atoms with Crippen LogP contribution in [0.2, 0.25) is 0 Å². The van der Waals surface area contributed by atoms with Crippen LogP contribution in [0, 0.1) is 15.9 Å². The van der Waals surface area contributed by atoms with E-state index in [0.29, 0.717) is 0 Å². The van der Waals surface area contributed by atoms with Gasteiger partial charge < -0.3 is 0 Å². The molecule has 0 bridgehead atoms. The molecule has 21 heavy (non-hydrogen) atoms. The van der Waals surface area contributed by atoms with Crippen molar-refractivity contribution in [3.05, 3.63) is 56.9 Å². The Labute approximate surface area is 127 Å². The number of hydrogen-bond acceptors (Lipinski definition) is 5. The van der Waals surface area contributed by atoms with Crippen LogP contribution in [0.4, 0.5) is 15.9 Å². The Hall–Kier alpha value is -2.07. The first-order valence-corrected chi connectivity index (χ1v) is 7.66. The molecule has 2 rings (SSSR count). The maximum atomic E-state index is 12.9. The van der Waals surface area contributed by atoms with Gasteiger partial charge in [-0.3, -0.25) is 14.8 Å². The van der Waals surface area contributed by atoms with Crippen molar-refractivity contribution >= 4 is 37.5 Å². The molecule has 10 heteroatoms. The number of halogens is 2. The number of benzene rings is 1. The van der Waals surface area contributed by atoms with Crippen molar-refractivity contribution in [2.45, 2.75) is 4.90 Å². The molecule has 1 heterocycles. The Morgan fingerprint density at radius 1 is 1.33 bits per heavy atom. The number of hydrogen-bond donors (Lipinski definition) is 1. The molecule has 0 atom stereocenters. The summed E-state index contributed by atoms with van der Waals surface area (Å²) in [7, 11) is -4.23. The van der Waals surface area contributed by atoms with Gasteiger partial charge in [-0.2, -0.15) is 0 Å². The Balaban J connectivity index is 2.46. The summed E-state index contributed by atoms with van der Waals surface area (Å²) < 4.78 is 39.4. The van der Waals surface area contributed by atoms with Gasteiger partial charge in [0.2, 0.25) is 0 Å². The molecule has 7 nitrogen and oxygen atoms in total. The van der Waals surface area contributed by atoms with E-state index in [1.54, 1.807) is 0 Å². The van der Waals surface area contributed by atoms with Crippen molar-refractivity contribution in [2.24, 2.45) is 0 Å². The normalized spacial score (nSPS) is 11.1. The number of para-hydroxylation sites is 1. The van der Waals surface area contributed by atoms with E-state index < -0.39 is 31.3 Å². The maximum absolute atomic E-state index is 12.9. The maximum Gasteiger partial charge on any atom is 0.289 e. The van der Waals surface area contributed by atoms with Gasteiger partial charge in [0, 0.05) is 6.07 Å². The second kappa shape index (κ2) is 5.74. The number of rotatable bonds is 4. The van der Waals surface area contributed by atoms with Crippen molar-refractivity contribution in [3.63, 3.8) is 0 Å². The first-order chi connectivity index (χ1) is 9.81. The highest BCUT2D eigenvalue weighted by Gasteiger charge is 2.26. The minimum atomic E-state index is -4.23. The van der Waals surface area contributed by atoms with E-state index in [1.807, 2.05) is 0 Å². The summed E-state index contributed by atoms with van der Waals surface area (Å²) in [6.07, 6.45) is 0.821. The second-order valence-electron chi connectivity index (χ2n) is 3.81. The van der Waals surface area contributed by atoms with Crippen molar-refractivity contribution < 1.29 is 17.7 Å². The zero-order chi connectivity index (χ0) is 15.6. The van der Waals surface area contributed by atoms with Crippen molar-refractivity contribution in [1.82, 2.24) is 4.98 Å². The van der Waals surface area contributed by atoms with Crippen LogP contribution in [-0.4, -0.2) is 18.3 Å². The standard InChI is InChI=1S/C11H7BrFN3O4S/c12-8-5-7(13)6-14-11(8)15-21(19,20)10-4-2-1-3-9(10)16(17)18/h1-6H,(H,14,15). The topological polar surface area (TPSA) is 102 Å². The number of anilines is 1. The molecule has 0 aliphatic carbocycles. The lowest BCUT2D eigenvalue weighted by Gasteiger charge is -2.09. The fraction of sp³-hybridized carbons (Fsp3) is 0. The van der Waals surface area contributed by atoms with Crippen LogP contribution in [0.1, 0.15) is 0 Å². The molecule has 2 aromatic rings. The lowest BCUT2D eigenvalue weighted by Crippen LogP contribution is -2.16. The molecule has 0 saturated carbocycles. The van der Waals surface area contributed by atoms with Crippen molar-refractivity contribution in [3.8, 4) is 0 Å². The number of pyridine rings is 1. The average molecular weight is 376 g/mol. The molecule has 0 fully saturated rings. The number of nitrogens with zero attached hydrogens (tertiary/aromatic N) is 2. The quantitative estimate of drug-likeness (QED) is 0.653. The lowest BCUT2D eigenvalue weighted by molar-refractivity contribution is -0.387. The third kappa shape index (κ3) is 3.34. The monoisotopic (exact) mass is 375 g/mol. The highest BCUT2D eigenvalue weighted by molar-refractivity contribution is 9.10. The molecule has 0 aliphatic heterocycles. The summed E-state index contributed by atoms with van der Waals surface area (Å²) in [6.45, 7) is 0. The summed E-state index contributed by atoms with van der Waals surface area (Å²) in [4.78, 5) is 13.1. The van der Waals surface area contributed by atoms with Gasteiger partial charge in [0.25, 0.3) is 15.7 Å². The highest BCUT2D eigenvalue weighted by Crippen LogP contribution is 2.27. The Morgan fingerprint density at radius 3 is 2.62 bits per heavy atom. The van der Waals surface area contributed by atoms with E-state index in [2.05, 4.69) is 25.6 Å². The predicted octanol–water partition coefficient (Wildman–Crippen LogP) is 2.69. The minimum Gasteiger partial charge on any atom is -0.262 e. The first kappa shape index (κ1) is 15.3. The molecule has 0 radical (unpaired) electrons. The zero-order valence-electron chi connectivity index (χ0n) is 10.2. The van der Waals surface area contributed by atoms with E-state index in [0.717, 1.165) is 24.4 Å². The van der Waals surface area contributed by atoms with E-state index in [4.69, 9.17) is 0 Å². The van der Waals surface area contributed by atoms with Crippen LogP contribution in [0.25, 0.3) is 0 Å². The number of nitro benzene ring substituents is 1. The molecule has 1 aromatic carbocycles. The summed E-state index contributed by atoms with van der Waals surface area (Å²) in [6, 6.07) is 5.89. The highest BCUT2D eigenvalue weighted by atomic mass is 79.9. The third-order valence-electron chi connectivity index (χ3n) is 2.39. The number of sulfonamides is 1. The molecule has 1 aromatic heterocycles. The number of aromatic nitrogens is 1. The molecule has 110 valence electrons. The van der Waals surface area contributed by atoms with Gasteiger partial charge >= 0.3 is 0 Å². The van der Waals surface area contributed by atoms with Gasteiger partial charge in [-0.25, -0.2) is 17.8 Å². The Kier molecular flexibility index (Phi) is 4.19. The molecule has 0 aliphatic rings. The van der Waals surface area contributed by atoms with E-state index in [-0.39, 0.29) is 10.3 Å². The van der Waals surface area contributed by atoms with Gasteiger partial charge in [0.1, 0.15) is 5.82 Å². The Bertz CT molecular complexity index is 813. The SMILES string of the molecule is O=[N+]([O-])c1ccccc1S(=O)(=O)Nc1ncc(F)cc1Br. The van der Waals surface area contributed by atoms with Gasteiger partial charge in [-0.15, -0.1) is 0 Å². The Morgan fingerprint density at radius 2 is 2.00 bits per heavy atom. The molecule has 0 saturated heterocycles. The molecule has 0 spiro atoms. The van der Waals surface area contributed by atoms with Crippen LogP contribution in [-0.2, 0) is 10.0 Å². The molecular weight excluding hydrogens is 369 g/mol. The summed E-state index contributed by atoms with van der Waals surface area (Å²) in [5, 5.41) is 10.9. The van der Waals surface area contributed by atoms with Crippen LogP contribution in [0.15, 0.2) is 45.9 Å². The summed E-state index contributed by atoms with van der Waals surface area (Å²) in [5.74, 6) is -0.829. The van der Waals surface area contributed by atoms with Crippen molar-refractivity contribution in [1.29, 1.82) is 0 Å². The minimum absolute atomic E-state index is 0.0738. The van der Waals surface area contributed by atoms with Crippen LogP contribution >= 0.6 is 15.9 Å². The van der Waals surface area contributed by atoms with Gasteiger partial charge in [0.05, 0.1) is 15.6 Å². The van der Waals surface area contributed by atoms with E-state index in [9.17, 15) is 22.9 Å². The van der Waals surface area contributed by atoms with E-state index in [1.165, 1.54) is 12.1 Å². The zero-order valence-corrected chi connectivity index (χ0v) is 12.6. The van der Waals surface area contributed by atoms with Crippen LogP contribution in [0.3, 0.4) is 0 Å². The van der Waals surface area contributed by atoms with E-state index >= 15 is 0 Å². The van der Waals surface area contributed by atoms with Gasteiger partial charge in [-0.1, -0.05) is 12.1 Å². The largest absolute Gasteiger partial charge is 0.289 e. The van der Waals surface area contributed by atoms with Gasteiger partial charge in [-0.05, 0) is 28.1 Å². The summed E-state index contributed by atoms with van der Waals surface area (Å²) >= 11 is 2.96. The molecular formula is C11H7BrFN3O4S. The fourth-order valence-corrected chi connectivity index (χ4v) is 3.26. The molecule has 0 unspecified atom stereocenters. The first-order valence-electron chi connectivity index (χ1n) is 5.38. The second-order valence-corrected chi connectivity index (χ2v) is 6.32. The van der Waals surface area contributed by atoms with Crippen LogP contribution < -0.4 is 4.72 Å². The lowest BCUT2D eigenvalue weighted by atomic mass is 10.3. The third-order valence-corrected chi connectivity index (χ3v) is 4.38.